The van der Waals surface area contributed by atoms with E-state index in [1.807, 2.05) is 12.3 Å². The molecule has 0 amide bonds. The van der Waals surface area contributed by atoms with Crippen LogP contribution in [0.5, 0.6) is 5.75 Å². The third-order valence-electron chi connectivity index (χ3n) is 4.21. The van der Waals surface area contributed by atoms with Gasteiger partial charge in [0.2, 0.25) is 0 Å². The zero-order valence-corrected chi connectivity index (χ0v) is 11.4. The van der Waals surface area contributed by atoms with Gasteiger partial charge in [-0.15, -0.1) is 0 Å². The molecule has 1 N–H and O–H groups in total. The molecule has 1 saturated carbocycles. The lowest BCUT2D eigenvalue weighted by atomic mass is 9.91. The van der Waals surface area contributed by atoms with E-state index >= 15 is 0 Å². The summed E-state index contributed by atoms with van der Waals surface area (Å²) in [6.45, 7) is -2.77. The number of halogens is 2. The second-order valence-electron chi connectivity index (χ2n) is 5.52. The molecular formula is C16H19F2NO. The number of aromatic nitrogens is 1. The highest BCUT2D eigenvalue weighted by Gasteiger charge is 2.18. The molecule has 1 fully saturated rings. The monoisotopic (exact) mass is 279 g/mol. The van der Waals surface area contributed by atoms with Gasteiger partial charge < -0.3 is 9.72 Å². The number of hydrogen-bond acceptors (Lipinski definition) is 1. The van der Waals surface area contributed by atoms with E-state index in [1.165, 1.54) is 44.1 Å². The molecule has 3 rings (SSSR count). The summed E-state index contributed by atoms with van der Waals surface area (Å²) in [4.78, 5) is 3.24. The van der Waals surface area contributed by atoms with Crippen LogP contribution in [0.2, 0.25) is 0 Å². The van der Waals surface area contributed by atoms with E-state index in [0.717, 1.165) is 10.9 Å². The molecule has 1 aliphatic rings. The van der Waals surface area contributed by atoms with Gasteiger partial charge in [-0.2, -0.15) is 8.78 Å². The molecule has 0 spiro atoms. The maximum Gasteiger partial charge on any atom is 0.387 e. The minimum absolute atomic E-state index is 0.238. The zero-order chi connectivity index (χ0) is 13.9. The number of hydrogen-bond donors (Lipinski definition) is 1. The number of alkyl halides is 2. The second kappa shape index (κ2) is 5.81. The maximum atomic E-state index is 12.3. The lowest BCUT2D eigenvalue weighted by Gasteiger charge is -2.13. The maximum absolute atomic E-state index is 12.3. The topological polar surface area (TPSA) is 25.0 Å². The molecule has 1 aromatic carbocycles. The number of rotatable bonds is 3. The van der Waals surface area contributed by atoms with E-state index in [1.54, 1.807) is 12.1 Å². The van der Waals surface area contributed by atoms with E-state index in [0.29, 0.717) is 5.92 Å². The Morgan fingerprint density at radius 3 is 2.55 bits per heavy atom. The summed E-state index contributed by atoms with van der Waals surface area (Å²) in [5.41, 5.74) is 2.24. The molecular weight excluding hydrogens is 260 g/mol. The van der Waals surface area contributed by atoms with Crippen molar-refractivity contribution >= 4 is 10.9 Å². The van der Waals surface area contributed by atoms with Crippen molar-refractivity contribution in [2.75, 3.05) is 0 Å². The highest BCUT2D eigenvalue weighted by Crippen LogP contribution is 2.36. The predicted molar refractivity (Wildman–Crippen MR) is 75.4 cm³/mol. The molecule has 108 valence electrons. The van der Waals surface area contributed by atoms with Crippen LogP contribution < -0.4 is 4.74 Å². The van der Waals surface area contributed by atoms with Gasteiger partial charge in [-0.05, 0) is 42.5 Å². The summed E-state index contributed by atoms with van der Waals surface area (Å²) in [6, 6.07) is 5.13. The van der Waals surface area contributed by atoms with Crippen LogP contribution in [0.4, 0.5) is 8.78 Å². The highest BCUT2D eigenvalue weighted by molar-refractivity contribution is 5.85. The van der Waals surface area contributed by atoms with Gasteiger partial charge in [0.05, 0.1) is 0 Å². The fraction of sp³-hybridized carbons (Fsp3) is 0.500. The fourth-order valence-corrected chi connectivity index (χ4v) is 3.23. The predicted octanol–water partition coefficient (Wildman–Crippen LogP) is 5.21. The van der Waals surface area contributed by atoms with Crippen molar-refractivity contribution in [3.8, 4) is 5.75 Å². The summed E-state index contributed by atoms with van der Waals surface area (Å²) in [6.07, 6.45) is 9.53. The molecule has 4 heteroatoms. The lowest BCUT2D eigenvalue weighted by molar-refractivity contribution is -0.0497. The average molecular weight is 279 g/mol. The summed E-state index contributed by atoms with van der Waals surface area (Å²) < 4.78 is 29.2. The van der Waals surface area contributed by atoms with Crippen LogP contribution in [0.15, 0.2) is 24.4 Å². The Labute approximate surface area is 117 Å². The van der Waals surface area contributed by atoms with Crippen molar-refractivity contribution in [1.82, 2.24) is 4.98 Å². The summed E-state index contributed by atoms with van der Waals surface area (Å²) in [5.74, 6) is 0.773. The Morgan fingerprint density at radius 2 is 1.85 bits per heavy atom. The molecule has 1 aliphatic carbocycles. The van der Waals surface area contributed by atoms with E-state index in [4.69, 9.17) is 0 Å². The Morgan fingerprint density at radius 1 is 1.10 bits per heavy atom. The first-order valence-electron chi connectivity index (χ1n) is 7.30. The molecule has 0 saturated heterocycles. The molecule has 0 aliphatic heterocycles. The number of H-pyrrole nitrogens is 1. The quantitative estimate of drug-likeness (QED) is 0.767. The van der Waals surface area contributed by atoms with Crippen LogP contribution in [0, 0.1) is 0 Å². The van der Waals surface area contributed by atoms with Crippen LogP contribution >= 0.6 is 0 Å². The van der Waals surface area contributed by atoms with Crippen LogP contribution in [0.1, 0.15) is 50.0 Å². The van der Waals surface area contributed by atoms with Crippen molar-refractivity contribution in [1.29, 1.82) is 0 Å². The Bertz CT molecular complexity index is 571. The van der Waals surface area contributed by atoms with Crippen molar-refractivity contribution in [2.24, 2.45) is 0 Å². The summed E-state index contributed by atoms with van der Waals surface area (Å²) >= 11 is 0. The Kier molecular flexibility index (Phi) is 3.90. The molecule has 0 unspecified atom stereocenters. The first-order chi connectivity index (χ1) is 9.74. The molecule has 1 heterocycles. The van der Waals surface area contributed by atoms with Crippen molar-refractivity contribution in [3.05, 3.63) is 30.0 Å². The average Bonchev–Trinajstić information content (AvgIpc) is 2.65. The van der Waals surface area contributed by atoms with E-state index in [9.17, 15) is 8.78 Å². The fourth-order valence-electron chi connectivity index (χ4n) is 3.23. The largest absolute Gasteiger partial charge is 0.435 e. The lowest BCUT2D eigenvalue weighted by Crippen LogP contribution is -2.01. The van der Waals surface area contributed by atoms with Crippen molar-refractivity contribution < 1.29 is 13.5 Å². The Balaban J connectivity index is 1.93. The van der Waals surface area contributed by atoms with Crippen LogP contribution in [-0.2, 0) is 0 Å². The van der Waals surface area contributed by atoms with Crippen LogP contribution in [0.25, 0.3) is 10.9 Å². The smallest absolute Gasteiger partial charge is 0.387 e. The van der Waals surface area contributed by atoms with Gasteiger partial charge >= 0.3 is 6.61 Å². The summed E-state index contributed by atoms with van der Waals surface area (Å²) in [5, 5.41) is 1.02. The van der Waals surface area contributed by atoms with Crippen LogP contribution in [0.3, 0.4) is 0 Å². The number of ether oxygens (including phenoxy) is 1. The van der Waals surface area contributed by atoms with Gasteiger partial charge in [-0.25, -0.2) is 0 Å². The van der Waals surface area contributed by atoms with E-state index in [2.05, 4.69) is 9.72 Å². The highest BCUT2D eigenvalue weighted by atomic mass is 19.3. The third kappa shape index (κ3) is 2.79. The van der Waals surface area contributed by atoms with Crippen LogP contribution in [-0.4, -0.2) is 11.6 Å². The molecule has 1 aromatic heterocycles. The first kappa shape index (κ1) is 13.4. The molecule has 0 bridgehead atoms. The summed E-state index contributed by atoms with van der Waals surface area (Å²) in [7, 11) is 0. The number of aromatic amines is 1. The first-order valence-corrected chi connectivity index (χ1v) is 7.30. The SMILES string of the molecule is FC(F)Oc1ccc2[nH]cc(C3CCCCCC3)c2c1. The Hall–Kier alpha value is -1.58. The molecule has 2 nitrogen and oxygen atoms in total. The van der Waals surface area contributed by atoms with Crippen molar-refractivity contribution in [3.63, 3.8) is 0 Å². The van der Waals surface area contributed by atoms with E-state index in [-0.39, 0.29) is 5.75 Å². The molecule has 20 heavy (non-hydrogen) atoms. The van der Waals surface area contributed by atoms with Gasteiger partial charge in [0.25, 0.3) is 0 Å². The molecule has 0 atom stereocenters. The standard InChI is InChI=1S/C16H19F2NO/c17-16(18)20-12-7-8-15-13(9-12)14(10-19-15)11-5-3-1-2-4-6-11/h7-11,16,19H,1-6H2. The zero-order valence-electron chi connectivity index (χ0n) is 11.4. The van der Waals surface area contributed by atoms with Gasteiger partial charge in [0.15, 0.2) is 0 Å². The normalized spacial score (nSPS) is 17.6. The van der Waals surface area contributed by atoms with Gasteiger partial charge in [0, 0.05) is 17.1 Å². The number of nitrogens with one attached hydrogen (secondary N) is 1. The van der Waals surface area contributed by atoms with Gasteiger partial charge in [-0.3, -0.25) is 0 Å². The van der Waals surface area contributed by atoms with Gasteiger partial charge in [-0.1, -0.05) is 25.7 Å². The minimum Gasteiger partial charge on any atom is -0.435 e. The number of fused-ring (bicyclic) bond motifs is 1. The molecule has 2 aromatic rings. The number of benzene rings is 1. The second-order valence-corrected chi connectivity index (χ2v) is 5.52. The molecule has 0 radical (unpaired) electrons. The third-order valence-corrected chi connectivity index (χ3v) is 4.21. The minimum atomic E-state index is -2.77. The van der Waals surface area contributed by atoms with E-state index < -0.39 is 6.61 Å². The van der Waals surface area contributed by atoms with Gasteiger partial charge in [0.1, 0.15) is 5.75 Å². The van der Waals surface area contributed by atoms with Crippen molar-refractivity contribution in [2.45, 2.75) is 51.1 Å².